The molecule has 1 aliphatic heterocycles. The fraction of sp³-hybridized carbons (Fsp3) is 0.706. The van der Waals surface area contributed by atoms with Crippen LogP contribution in [0.15, 0.2) is 12.7 Å². The largest absolute Gasteiger partial charge is 0.481 e. The van der Waals surface area contributed by atoms with Gasteiger partial charge >= 0.3 is 17.9 Å². The van der Waals surface area contributed by atoms with E-state index in [4.69, 9.17) is 4.74 Å². The van der Waals surface area contributed by atoms with E-state index in [2.05, 4.69) is 6.58 Å². The molecule has 2 atom stereocenters. The highest BCUT2D eigenvalue weighted by molar-refractivity contribution is 5.90. The first-order chi connectivity index (χ1) is 10.9. The maximum atomic E-state index is 11.5. The fourth-order valence-electron chi connectivity index (χ4n) is 3.04. The molecule has 2 N–H and O–H groups in total. The molecule has 0 saturated carbocycles. The Bertz CT molecular complexity index is 444. The van der Waals surface area contributed by atoms with Crippen molar-refractivity contribution in [1.82, 2.24) is 0 Å². The molecule has 0 aliphatic carbocycles. The van der Waals surface area contributed by atoms with Crippen molar-refractivity contribution in [2.24, 2.45) is 5.92 Å². The number of ether oxygens (including phenoxy) is 1. The van der Waals surface area contributed by atoms with Crippen LogP contribution in [0.5, 0.6) is 0 Å². The van der Waals surface area contributed by atoms with Crippen molar-refractivity contribution in [1.29, 1.82) is 0 Å². The third-order valence-corrected chi connectivity index (χ3v) is 4.37. The summed E-state index contributed by atoms with van der Waals surface area (Å²) in [6.45, 7) is 3.67. The lowest BCUT2D eigenvalue weighted by Crippen LogP contribution is -2.49. The zero-order valence-electron chi connectivity index (χ0n) is 13.5. The van der Waals surface area contributed by atoms with E-state index in [1.165, 1.54) is 0 Å². The summed E-state index contributed by atoms with van der Waals surface area (Å²) in [6.07, 6.45) is 8.75. The number of carboxylic acids is 2. The smallest absolute Gasteiger partial charge is 0.349 e. The van der Waals surface area contributed by atoms with E-state index in [1.807, 2.05) is 6.08 Å². The van der Waals surface area contributed by atoms with Gasteiger partial charge in [0.25, 0.3) is 0 Å². The molecule has 6 nitrogen and oxygen atoms in total. The van der Waals surface area contributed by atoms with Gasteiger partial charge in [0, 0.05) is 12.8 Å². The normalized spacial score (nSPS) is 21.7. The van der Waals surface area contributed by atoms with Crippen LogP contribution in [-0.2, 0) is 19.1 Å². The Morgan fingerprint density at radius 1 is 1.17 bits per heavy atom. The minimum atomic E-state index is -1.90. The molecule has 1 fully saturated rings. The molecule has 1 saturated heterocycles. The van der Waals surface area contributed by atoms with Crippen LogP contribution in [0, 0.1) is 5.92 Å². The Hall–Kier alpha value is -1.85. The van der Waals surface area contributed by atoms with E-state index in [9.17, 15) is 24.6 Å². The second kappa shape index (κ2) is 9.33. The molecule has 0 amide bonds. The lowest BCUT2D eigenvalue weighted by molar-refractivity contribution is -0.182. The number of allylic oxidation sites excluding steroid dienone is 1. The first kappa shape index (κ1) is 19.2. The van der Waals surface area contributed by atoms with E-state index in [1.54, 1.807) is 0 Å². The van der Waals surface area contributed by atoms with Gasteiger partial charge in [0.15, 0.2) is 0 Å². The number of unbranched alkanes of at least 4 members (excludes halogenated alkanes) is 6. The van der Waals surface area contributed by atoms with Gasteiger partial charge in [-0.15, -0.1) is 6.58 Å². The number of cyclic esters (lactones) is 1. The number of carboxylic acid groups (broad SMARTS) is 2. The van der Waals surface area contributed by atoms with Crippen molar-refractivity contribution >= 4 is 17.9 Å². The summed E-state index contributed by atoms with van der Waals surface area (Å²) in [6, 6.07) is 0. The second-order valence-electron chi connectivity index (χ2n) is 6.05. The molecule has 0 unspecified atom stereocenters. The standard InChI is InChI=1S/C17H26O6/c1-2-3-4-5-6-7-8-9-10-13(15(19)20)17(16(21)22)12-11-14(18)23-17/h2,13H,1,3-12H2,(H,19,20)(H,21,22)/t13-,17-/m0/s1. The van der Waals surface area contributed by atoms with Gasteiger partial charge in [-0.05, 0) is 19.3 Å². The van der Waals surface area contributed by atoms with Gasteiger partial charge < -0.3 is 14.9 Å². The third kappa shape index (κ3) is 5.37. The predicted molar refractivity (Wildman–Crippen MR) is 84.0 cm³/mol. The zero-order chi connectivity index (χ0) is 17.3. The fourth-order valence-corrected chi connectivity index (χ4v) is 3.04. The predicted octanol–water partition coefficient (Wildman–Crippen LogP) is 3.15. The number of hydrogen-bond acceptors (Lipinski definition) is 4. The van der Waals surface area contributed by atoms with Crippen LogP contribution in [0.4, 0.5) is 0 Å². The van der Waals surface area contributed by atoms with Crippen molar-refractivity contribution in [2.45, 2.75) is 69.8 Å². The molecular weight excluding hydrogens is 300 g/mol. The SMILES string of the molecule is C=CCCCCCCCC[C@@H](C(=O)O)[C@]1(C(=O)O)CCC(=O)O1. The van der Waals surface area contributed by atoms with Crippen LogP contribution in [0.2, 0.25) is 0 Å². The Balaban J connectivity index is 2.46. The third-order valence-electron chi connectivity index (χ3n) is 4.37. The molecule has 1 aliphatic rings. The van der Waals surface area contributed by atoms with Gasteiger partial charge in [0.05, 0.1) is 0 Å². The van der Waals surface area contributed by atoms with E-state index in [0.29, 0.717) is 6.42 Å². The van der Waals surface area contributed by atoms with E-state index in [0.717, 1.165) is 38.5 Å². The average molecular weight is 326 g/mol. The summed E-state index contributed by atoms with van der Waals surface area (Å²) in [5.74, 6) is -4.40. The maximum absolute atomic E-state index is 11.5. The van der Waals surface area contributed by atoms with Crippen LogP contribution < -0.4 is 0 Å². The van der Waals surface area contributed by atoms with Crippen LogP contribution in [0.25, 0.3) is 0 Å². The molecule has 0 aromatic carbocycles. The molecule has 0 aromatic heterocycles. The van der Waals surface area contributed by atoms with E-state index in [-0.39, 0.29) is 19.3 Å². The molecule has 0 bridgehead atoms. The van der Waals surface area contributed by atoms with Gasteiger partial charge in [-0.25, -0.2) is 4.79 Å². The summed E-state index contributed by atoms with van der Waals surface area (Å²) in [4.78, 5) is 34.3. The summed E-state index contributed by atoms with van der Waals surface area (Å²) in [5.41, 5.74) is -1.90. The Morgan fingerprint density at radius 3 is 2.26 bits per heavy atom. The average Bonchev–Trinajstić information content (AvgIpc) is 2.88. The van der Waals surface area contributed by atoms with Gasteiger partial charge in [-0.3, -0.25) is 9.59 Å². The molecule has 0 spiro atoms. The Morgan fingerprint density at radius 2 is 1.78 bits per heavy atom. The molecule has 0 radical (unpaired) electrons. The Kier molecular flexibility index (Phi) is 7.78. The molecule has 6 heteroatoms. The van der Waals surface area contributed by atoms with Crippen molar-refractivity contribution in [2.75, 3.05) is 0 Å². The minimum absolute atomic E-state index is 0.0423. The molecule has 23 heavy (non-hydrogen) atoms. The molecule has 1 rings (SSSR count). The quantitative estimate of drug-likeness (QED) is 0.324. The highest BCUT2D eigenvalue weighted by atomic mass is 16.6. The highest BCUT2D eigenvalue weighted by Gasteiger charge is 2.56. The number of esters is 1. The topological polar surface area (TPSA) is 101 Å². The number of carbonyl (C=O) groups is 3. The highest BCUT2D eigenvalue weighted by Crippen LogP contribution is 2.37. The van der Waals surface area contributed by atoms with Crippen LogP contribution in [0.3, 0.4) is 0 Å². The molecular formula is C17H26O6. The van der Waals surface area contributed by atoms with E-state index < -0.39 is 29.4 Å². The van der Waals surface area contributed by atoms with Crippen LogP contribution in [-0.4, -0.2) is 33.7 Å². The van der Waals surface area contributed by atoms with Crippen LogP contribution in [0.1, 0.15) is 64.2 Å². The van der Waals surface area contributed by atoms with Crippen molar-refractivity contribution in [3.63, 3.8) is 0 Å². The number of aliphatic carboxylic acids is 2. The second-order valence-corrected chi connectivity index (χ2v) is 6.05. The summed E-state index contributed by atoms with van der Waals surface area (Å²) < 4.78 is 4.93. The number of carbonyl (C=O) groups excluding carboxylic acids is 1. The molecule has 1 heterocycles. The van der Waals surface area contributed by atoms with Gasteiger partial charge in [0.1, 0.15) is 5.92 Å². The van der Waals surface area contributed by atoms with Gasteiger partial charge in [-0.1, -0.05) is 38.2 Å². The number of hydrogen-bond donors (Lipinski definition) is 2. The molecule has 130 valence electrons. The number of rotatable bonds is 12. The van der Waals surface area contributed by atoms with Crippen molar-refractivity contribution in [3.05, 3.63) is 12.7 Å². The van der Waals surface area contributed by atoms with Gasteiger partial charge in [0.2, 0.25) is 5.60 Å². The monoisotopic (exact) mass is 326 g/mol. The van der Waals surface area contributed by atoms with E-state index >= 15 is 0 Å². The first-order valence-electron chi connectivity index (χ1n) is 8.23. The zero-order valence-corrected chi connectivity index (χ0v) is 13.5. The van der Waals surface area contributed by atoms with Gasteiger partial charge in [-0.2, -0.15) is 0 Å². The van der Waals surface area contributed by atoms with Crippen LogP contribution >= 0.6 is 0 Å². The maximum Gasteiger partial charge on any atom is 0.349 e. The summed E-state index contributed by atoms with van der Waals surface area (Å²) >= 11 is 0. The minimum Gasteiger partial charge on any atom is -0.481 e. The summed E-state index contributed by atoms with van der Waals surface area (Å²) in [5, 5.41) is 18.7. The van der Waals surface area contributed by atoms with Crippen molar-refractivity contribution in [3.8, 4) is 0 Å². The Labute approximate surface area is 136 Å². The lowest BCUT2D eigenvalue weighted by Gasteiger charge is -2.29. The first-order valence-corrected chi connectivity index (χ1v) is 8.23. The molecule has 0 aromatic rings. The lowest BCUT2D eigenvalue weighted by atomic mass is 9.81. The van der Waals surface area contributed by atoms with Crippen molar-refractivity contribution < 1.29 is 29.3 Å². The summed E-state index contributed by atoms with van der Waals surface area (Å²) in [7, 11) is 0.